The second kappa shape index (κ2) is 8.61. The van der Waals surface area contributed by atoms with E-state index in [4.69, 9.17) is 0 Å². The maximum atomic E-state index is 4.49. The Morgan fingerprint density at radius 1 is 1.19 bits per heavy atom. The van der Waals surface area contributed by atoms with Crippen molar-refractivity contribution in [3.63, 3.8) is 0 Å². The molecule has 5 nitrogen and oxygen atoms in total. The third-order valence-electron chi connectivity index (χ3n) is 6.44. The lowest BCUT2D eigenvalue weighted by Gasteiger charge is -2.26. The fourth-order valence-corrected chi connectivity index (χ4v) is 4.83. The molecule has 2 aliphatic heterocycles. The molecule has 3 aliphatic rings. The Balaban J connectivity index is 1.25. The van der Waals surface area contributed by atoms with Gasteiger partial charge in [0.05, 0.1) is 0 Å². The number of rotatable bonds is 6. The third kappa shape index (κ3) is 4.82. The van der Waals surface area contributed by atoms with Gasteiger partial charge in [-0.15, -0.1) is 0 Å². The van der Waals surface area contributed by atoms with Crippen LogP contribution in [0.1, 0.15) is 44.6 Å². The Bertz CT molecular complexity index is 627. The van der Waals surface area contributed by atoms with Crippen LogP contribution in [-0.4, -0.2) is 66.6 Å². The van der Waals surface area contributed by atoms with E-state index in [9.17, 15) is 0 Å². The zero-order chi connectivity index (χ0) is 18.6. The van der Waals surface area contributed by atoms with Crippen LogP contribution in [0.2, 0.25) is 0 Å². The minimum Gasteiger partial charge on any atom is -0.355 e. The predicted molar refractivity (Wildman–Crippen MR) is 112 cm³/mol. The summed E-state index contributed by atoms with van der Waals surface area (Å²) in [6.45, 7) is 6.76. The molecule has 1 aliphatic carbocycles. The van der Waals surface area contributed by atoms with Crippen LogP contribution in [0, 0.1) is 0 Å². The van der Waals surface area contributed by atoms with Gasteiger partial charge in [0.1, 0.15) is 0 Å². The maximum Gasteiger partial charge on any atom is 0.191 e. The number of hydrogen-bond acceptors (Lipinski definition) is 3. The van der Waals surface area contributed by atoms with Crippen LogP contribution >= 0.6 is 0 Å². The summed E-state index contributed by atoms with van der Waals surface area (Å²) in [5.74, 6) is 0.969. The highest BCUT2D eigenvalue weighted by Crippen LogP contribution is 2.33. The van der Waals surface area contributed by atoms with Crippen LogP contribution in [0.15, 0.2) is 35.3 Å². The standard InChI is InChI=1S/C22H35N5/c1-17-13-19(16-27(17)20-10-11-20)25-22(23-2)24-14-21-9-6-12-26(21)15-18-7-4-3-5-8-18/h3-5,7-8,17,19-21H,6,9-16H2,1-2H3,(H2,23,24,25). The number of hydrogen-bond donors (Lipinski definition) is 2. The van der Waals surface area contributed by atoms with E-state index in [1.165, 1.54) is 44.2 Å². The zero-order valence-electron chi connectivity index (χ0n) is 16.9. The van der Waals surface area contributed by atoms with Gasteiger partial charge < -0.3 is 10.6 Å². The van der Waals surface area contributed by atoms with E-state index in [0.29, 0.717) is 18.1 Å². The smallest absolute Gasteiger partial charge is 0.191 e. The van der Waals surface area contributed by atoms with Crippen molar-refractivity contribution in [3.05, 3.63) is 35.9 Å². The summed E-state index contributed by atoms with van der Waals surface area (Å²) >= 11 is 0. The highest BCUT2D eigenvalue weighted by molar-refractivity contribution is 5.80. The number of nitrogens with one attached hydrogen (secondary N) is 2. The number of benzene rings is 1. The van der Waals surface area contributed by atoms with Gasteiger partial charge in [-0.25, -0.2) is 0 Å². The summed E-state index contributed by atoms with van der Waals surface area (Å²) in [5, 5.41) is 7.28. The molecule has 0 aromatic heterocycles. The Morgan fingerprint density at radius 3 is 2.74 bits per heavy atom. The molecule has 3 unspecified atom stereocenters. The van der Waals surface area contributed by atoms with Crippen molar-refractivity contribution in [2.75, 3.05) is 26.7 Å². The lowest BCUT2D eigenvalue weighted by Crippen LogP contribution is -2.48. The van der Waals surface area contributed by atoms with E-state index < -0.39 is 0 Å². The summed E-state index contributed by atoms with van der Waals surface area (Å²) < 4.78 is 0. The van der Waals surface area contributed by atoms with Gasteiger partial charge in [0.15, 0.2) is 5.96 Å². The third-order valence-corrected chi connectivity index (χ3v) is 6.44. The van der Waals surface area contributed by atoms with Crippen molar-refractivity contribution >= 4 is 5.96 Å². The molecular weight excluding hydrogens is 334 g/mol. The van der Waals surface area contributed by atoms with Crippen LogP contribution in [0.3, 0.4) is 0 Å². The van der Waals surface area contributed by atoms with Crippen molar-refractivity contribution in [2.24, 2.45) is 4.99 Å². The molecule has 5 heteroatoms. The van der Waals surface area contributed by atoms with Crippen molar-refractivity contribution < 1.29 is 0 Å². The van der Waals surface area contributed by atoms with Crippen molar-refractivity contribution in [3.8, 4) is 0 Å². The van der Waals surface area contributed by atoms with E-state index in [1.807, 2.05) is 7.05 Å². The van der Waals surface area contributed by atoms with Crippen molar-refractivity contribution in [2.45, 2.75) is 69.7 Å². The molecule has 1 aromatic carbocycles. The van der Waals surface area contributed by atoms with Gasteiger partial charge in [-0.2, -0.15) is 0 Å². The second-order valence-corrected chi connectivity index (χ2v) is 8.56. The summed E-state index contributed by atoms with van der Waals surface area (Å²) in [4.78, 5) is 9.79. The monoisotopic (exact) mass is 369 g/mol. The lowest BCUT2D eigenvalue weighted by molar-refractivity contribution is 0.245. The van der Waals surface area contributed by atoms with Crippen LogP contribution in [0.4, 0.5) is 0 Å². The maximum absolute atomic E-state index is 4.49. The predicted octanol–water partition coefficient (Wildman–Crippen LogP) is 2.44. The molecule has 0 spiro atoms. The molecule has 3 atom stereocenters. The first-order valence-corrected chi connectivity index (χ1v) is 10.7. The minimum atomic E-state index is 0.524. The number of likely N-dealkylation sites (tertiary alicyclic amines) is 2. The van der Waals surface area contributed by atoms with Crippen LogP contribution in [0.5, 0.6) is 0 Å². The van der Waals surface area contributed by atoms with Crippen molar-refractivity contribution in [1.29, 1.82) is 0 Å². The second-order valence-electron chi connectivity index (χ2n) is 8.56. The number of guanidine groups is 1. The Kier molecular flexibility index (Phi) is 5.98. The first-order valence-electron chi connectivity index (χ1n) is 10.7. The van der Waals surface area contributed by atoms with Gasteiger partial charge in [0, 0.05) is 50.8 Å². The molecular formula is C22H35N5. The molecule has 2 heterocycles. The van der Waals surface area contributed by atoms with Gasteiger partial charge in [0.2, 0.25) is 0 Å². The molecule has 4 rings (SSSR count). The SMILES string of the molecule is CN=C(NCC1CCCN1Cc1ccccc1)NC1CC(C)N(C2CC2)C1. The quantitative estimate of drug-likeness (QED) is 0.597. The highest BCUT2D eigenvalue weighted by Gasteiger charge is 2.39. The Labute approximate surface area is 164 Å². The highest BCUT2D eigenvalue weighted by atomic mass is 15.3. The summed E-state index contributed by atoms with van der Waals surface area (Å²) in [5.41, 5.74) is 1.41. The first-order chi connectivity index (χ1) is 13.2. The van der Waals surface area contributed by atoms with Gasteiger partial charge in [0.25, 0.3) is 0 Å². The molecule has 2 saturated heterocycles. The average Bonchev–Trinajstić information content (AvgIpc) is 3.33. The average molecular weight is 370 g/mol. The van der Waals surface area contributed by atoms with E-state index >= 15 is 0 Å². The largest absolute Gasteiger partial charge is 0.355 e. The van der Waals surface area contributed by atoms with Crippen LogP contribution < -0.4 is 10.6 Å². The van der Waals surface area contributed by atoms with E-state index in [1.54, 1.807) is 0 Å². The number of nitrogens with zero attached hydrogens (tertiary/aromatic N) is 3. The Morgan fingerprint density at radius 2 is 2.00 bits per heavy atom. The summed E-state index contributed by atoms with van der Waals surface area (Å²) in [6, 6.07) is 13.5. The van der Waals surface area contributed by atoms with Gasteiger partial charge >= 0.3 is 0 Å². The number of aliphatic imine (C=N–C) groups is 1. The molecule has 1 saturated carbocycles. The fourth-order valence-electron chi connectivity index (χ4n) is 4.83. The van der Waals surface area contributed by atoms with Gasteiger partial charge in [-0.1, -0.05) is 30.3 Å². The van der Waals surface area contributed by atoms with Gasteiger partial charge in [-0.05, 0) is 51.1 Å². The molecule has 2 N–H and O–H groups in total. The molecule has 1 aromatic rings. The normalized spacial score (nSPS) is 30.0. The lowest BCUT2D eigenvalue weighted by atomic mass is 10.2. The van der Waals surface area contributed by atoms with E-state index in [2.05, 4.69) is 62.7 Å². The molecule has 27 heavy (non-hydrogen) atoms. The molecule has 148 valence electrons. The molecule has 0 radical (unpaired) electrons. The zero-order valence-corrected chi connectivity index (χ0v) is 16.9. The van der Waals surface area contributed by atoms with E-state index in [0.717, 1.165) is 31.6 Å². The molecule has 0 bridgehead atoms. The van der Waals surface area contributed by atoms with Crippen LogP contribution in [-0.2, 0) is 6.54 Å². The Hall–Kier alpha value is -1.59. The summed E-state index contributed by atoms with van der Waals surface area (Å²) in [6.07, 6.45) is 6.57. The minimum absolute atomic E-state index is 0.524. The summed E-state index contributed by atoms with van der Waals surface area (Å²) in [7, 11) is 1.89. The fraction of sp³-hybridized carbons (Fsp3) is 0.682. The molecule has 3 fully saturated rings. The molecule has 0 amide bonds. The topological polar surface area (TPSA) is 42.9 Å². The van der Waals surface area contributed by atoms with Crippen molar-refractivity contribution in [1.82, 2.24) is 20.4 Å². The first kappa shape index (κ1) is 18.8. The van der Waals surface area contributed by atoms with Crippen LogP contribution in [0.25, 0.3) is 0 Å². The van der Waals surface area contributed by atoms with Gasteiger partial charge in [-0.3, -0.25) is 14.8 Å². The van der Waals surface area contributed by atoms with E-state index in [-0.39, 0.29) is 0 Å².